The van der Waals surface area contributed by atoms with Crippen LogP contribution in [0.5, 0.6) is 0 Å². The van der Waals surface area contributed by atoms with Gasteiger partial charge in [0.1, 0.15) is 11.9 Å². The lowest BCUT2D eigenvalue weighted by atomic mass is 10.1. The van der Waals surface area contributed by atoms with Gasteiger partial charge >= 0.3 is 0 Å². The molecule has 0 unspecified atom stereocenters. The Bertz CT molecular complexity index is 669. The van der Waals surface area contributed by atoms with Crippen molar-refractivity contribution in [1.29, 1.82) is 0 Å². The molecule has 0 radical (unpaired) electrons. The molecule has 0 N–H and O–H groups in total. The Morgan fingerprint density at radius 1 is 1.21 bits per heavy atom. The molecule has 1 aromatic carbocycles. The van der Waals surface area contributed by atoms with Crippen LogP contribution in [0.4, 0.5) is 0 Å². The quantitative estimate of drug-likeness (QED) is 0.579. The number of hydrogen-bond donors (Lipinski definition) is 0. The third kappa shape index (κ3) is 6.00. The van der Waals surface area contributed by atoms with Crippen molar-refractivity contribution in [3.63, 3.8) is 0 Å². The van der Waals surface area contributed by atoms with Gasteiger partial charge in [-0.3, -0.25) is 9.59 Å². The molecular weight excluding hydrogens is 370 g/mol. The Morgan fingerprint density at radius 3 is 2.43 bits per heavy atom. The Kier molecular flexibility index (Phi) is 7.59. The van der Waals surface area contributed by atoms with Crippen molar-refractivity contribution in [1.82, 2.24) is 4.90 Å². The second-order valence-electron chi connectivity index (χ2n) is 9.22. The van der Waals surface area contributed by atoms with Crippen molar-refractivity contribution in [3.05, 3.63) is 35.9 Å². The first kappa shape index (κ1) is 22.8. The lowest BCUT2D eigenvalue weighted by molar-refractivity contribution is -0.139. The van der Waals surface area contributed by atoms with Gasteiger partial charge in [-0.2, -0.15) is 0 Å². The fourth-order valence-corrected chi connectivity index (χ4v) is 4.22. The zero-order valence-electron chi connectivity index (χ0n) is 18.2. The van der Waals surface area contributed by atoms with Crippen molar-refractivity contribution in [3.8, 4) is 0 Å². The maximum atomic E-state index is 12.9. The maximum absolute atomic E-state index is 12.9. The van der Waals surface area contributed by atoms with E-state index in [9.17, 15) is 9.59 Å². The third-order valence-corrected chi connectivity index (χ3v) is 10.4. The van der Waals surface area contributed by atoms with Crippen molar-refractivity contribution in [2.75, 3.05) is 13.2 Å². The van der Waals surface area contributed by atoms with Crippen LogP contribution in [0.2, 0.25) is 18.1 Å². The van der Waals surface area contributed by atoms with Gasteiger partial charge in [0.05, 0.1) is 13.2 Å². The van der Waals surface area contributed by atoms with Gasteiger partial charge in [-0.05, 0) is 30.6 Å². The average Bonchev–Trinajstić information content (AvgIpc) is 2.88. The van der Waals surface area contributed by atoms with Crippen molar-refractivity contribution < 1.29 is 18.8 Å². The zero-order chi connectivity index (χ0) is 20.9. The summed E-state index contributed by atoms with van der Waals surface area (Å²) >= 11 is 0. The second-order valence-corrected chi connectivity index (χ2v) is 14.0. The van der Waals surface area contributed by atoms with Crippen LogP contribution in [0.15, 0.2) is 30.3 Å². The van der Waals surface area contributed by atoms with Crippen LogP contribution in [0, 0.1) is 0 Å². The number of likely N-dealkylation sites (tertiary alicyclic amines) is 1. The van der Waals surface area contributed by atoms with Gasteiger partial charge in [0.25, 0.3) is 5.91 Å². The monoisotopic (exact) mass is 405 g/mol. The summed E-state index contributed by atoms with van der Waals surface area (Å²) < 4.78 is 12.2. The van der Waals surface area contributed by atoms with Gasteiger partial charge in [-0.15, -0.1) is 0 Å². The summed E-state index contributed by atoms with van der Waals surface area (Å²) in [6, 6.07) is 9.73. The summed E-state index contributed by atoms with van der Waals surface area (Å²) in [7, 11) is -1.87. The standard InChI is InChI=1S/C22H35NO4Si/c1-17(24)14-19-15-20(26-16-18-10-8-7-9-11-18)21(25)23(19)12-13-27-28(5,6)22(2,3)4/h7-11,19-20H,12-16H2,1-6H3/t19-,20+/m1/s1. The van der Waals surface area contributed by atoms with Gasteiger partial charge in [0, 0.05) is 25.4 Å². The summed E-state index contributed by atoms with van der Waals surface area (Å²) in [5.74, 6) is 0.0674. The highest BCUT2D eigenvalue weighted by atomic mass is 28.4. The highest BCUT2D eigenvalue weighted by Gasteiger charge is 2.41. The molecule has 1 aliphatic rings. The van der Waals surface area contributed by atoms with Gasteiger partial charge in [0.15, 0.2) is 8.32 Å². The Hall–Kier alpha value is -1.50. The van der Waals surface area contributed by atoms with Crippen LogP contribution in [0.25, 0.3) is 0 Å². The maximum Gasteiger partial charge on any atom is 0.252 e. The molecule has 1 heterocycles. The molecule has 1 saturated heterocycles. The minimum absolute atomic E-state index is 0.0268. The lowest BCUT2D eigenvalue weighted by Gasteiger charge is -2.37. The smallest absolute Gasteiger partial charge is 0.252 e. The van der Waals surface area contributed by atoms with Crippen LogP contribution in [0.3, 0.4) is 0 Å². The number of amides is 1. The molecule has 1 fully saturated rings. The molecule has 156 valence electrons. The predicted octanol–water partition coefficient (Wildman–Crippen LogP) is 4.17. The number of rotatable bonds is 9. The fraction of sp³-hybridized carbons (Fsp3) is 0.636. The first-order valence-electron chi connectivity index (χ1n) is 10.1. The molecule has 5 nitrogen and oxygen atoms in total. The van der Waals surface area contributed by atoms with Crippen LogP contribution >= 0.6 is 0 Å². The number of carbonyl (C=O) groups is 2. The molecule has 0 aliphatic carbocycles. The fourth-order valence-electron chi connectivity index (χ4n) is 3.18. The highest BCUT2D eigenvalue weighted by Crippen LogP contribution is 2.36. The number of ketones is 1. The minimum atomic E-state index is -1.87. The molecule has 2 atom stereocenters. The van der Waals surface area contributed by atoms with E-state index in [0.29, 0.717) is 32.6 Å². The molecule has 0 spiro atoms. The summed E-state index contributed by atoms with van der Waals surface area (Å²) in [6.07, 6.45) is 0.444. The van der Waals surface area contributed by atoms with Crippen molar-refractivity contribution >= 4 is 20.0 Å². The largest absolute Gasteiger partial charge is 0.415 e. The third-order valence-electron chi connectivity index (χ3n) is 5.90. The topological polar surface area (TPSA) is 55.8 Å². The van der Waals surface area contributed by atoms with Crippen LogP contribution in [0.1, 0.15) is 46.1 Å². The minimum Gasteiger partial charge on any atom is -0.415 e. The summed E-state index contributed by atoms with van der Waals surface area (Å²) in [4.78, 5) is 26.4. The van der Waals surface area contributed by atoms with E-state index >= 15 is 0 Å². The first-order valence-corrected chi connectivity index (χ1v) is 13.0. The van der Waals surface area contributed by atoms with Crippen molar-refractivity contribution in [2.24, 2.45) is 0 Å². The van der Waals surface area contributed by atoms with Gasteiger partial charge in [-0.25, -0.2) is 0 Å². The molecule has 2 rings (SSSR count). The predicted molar refractivity (Wildman–Crippen MR) is 114 cm³/mol. The normalized spacial score (nSPS) is 20.6. The molecule has 0 bridgehead atoms. The number of Topliss-reactive ketones (excluding diaryl/α,β-unsaturated/α-hetero) is 1. The first-order chi connectivity index (χ1) is 13.0. The van der Waals surface area contributed by atoms with E-state index < -0.39 is 14.4 Å². The number of carbonyl (C=O) groups excluding carboxylic acids is 2. The van der Waals surface area contributed by atoms with E-state index in [2.05, 4.69) is 33.9 Å². The molecule has 28 heavy (non-hydrogen) atoms. The summed E-state index contributed by atoms with van der Waals surface area (Å²) in [5, 5.41) is 0.127. The number of hydrogen-bond acceptors (Lipinski definition) is 4. The van der Waals surface area contributed by atoms with Gasteiger partial charge in [0.2, 0.25) is 0 Å². The van der Waals surface area contributed by atoms with Crippen molar-refractivity contribution in [2.45, 2.75) is 77.4 Å². The number of ether oxygens (including phenoxy) is 1. The van der Waals surface area contributed by atoms with E-state index in [0.717, 1.165) is 5.56 Å². The van der Waals surface area contributed by atoms with Crippen LogP contribution < -0.4 is 0 Å². The molecule has 0 aromatic heterocycles. The molecule has 0 saturated carbocycles. The van der Waals surface area contributed by atoms with E-state index in [1.54, 1.807) is 11.8 Å². The van der Waals surface area contributed by atoms with E-state index in [-0.39, 0.29) is 22.8 Å². The highest BCUT2D eigenvalue weighted by molar-refractivity contribution is 6.74. The number of nitrogens with zero attached hydrogens (tertiary/aromatic N) is 1. The Labute approximate surface area is 170 Å². The summed E-state index contributed by atoms with van der Waals surface area (Å²) in [6.45, 7) is 14.0. The zero-order valence-corrected chi connectivity index (χ0v) is 19.2. The second kappa shape index (κ2) is 9.33. The molecule has 1 amide bonds. The Morgan fingerprint density at radius 2 is 1.86 bits per heavy atom. The average molecular weight is 406 g/mol. The van der Waals surface area contributed by atoms with Crippen LogP contribution in [-0.2, 0) is 25.4 Å². The molecule has 1 aliphatic heterocycles. The molecular formula is C22H35NO4Si. The van der Waals surface area contributed by atoms with E-state index in [4.69, 9.17) is 9.16 Å². The lowest BCUT2D eigenvalue weighted by Crippen LogP contribution is -2.44. The van der Waals surface area contributed by atoms with Gasteiger partial charge < -0.3 is 14.1 Å². The SMILES string of the molecule is CC(=O)C[C@@H]1C[C@H](OCc2ccccc2)C(=O)N1CCO[Si](C)(C)C(C)(C)C. The molecule has 6 heteroatoms. The number of benzene rings is 1. The van der Waals surface area contributed by atoms with E-state index in [1.807, 2.05) is 30.3 Å². The Balaban J connectivity index is 1.97. The van der Waals surface area contributed by atoms with Crippen LogP contribution in [-0.4, -0.2) is 50.2 Å². The summed E-state index contributed by atoms with van der Waals surface area (Å²) in [5.41, 5.74) is 1.04. The van der Waals surface area contributed by atoms with E-state index in [1.165, 1.54) is 0 Å². The molecule has 1 aromatic rings. The van der Waals surface area contributed by atoms with Gasteiger partial charge in [-0.1, -0.05) is 51.1 Å².